The summed E-state index contributed by atoms with van der Waals surface area (Å²) in [7, 11) is 0. The van der Waals surface area contributed by atoms with Crippen LogP contribution >= 0.6 is 0 Å². The van der Waals surface area contributed by atoms with E-state index in [1.165, 1.54) is 38.5 Å². The van der Waals surface area contributed by atoms with Gasteiger partial charge in [-0.05, 0) is 42.9 Å². The first-order valence-electron chi connectivity index (χ1n) is 8.91. The predicted octanol–water partition coefficient (Wildman–Crippen LogP) is 5.81. The number of hydrogen-bond acceptors (Lipinski definition) is 1. The summed E-state index contributed by atoms with van der Waals surface area (Å²) in [5.41, 5.74) is 0.381. The second kappa shape index (κ2) is 11.1. The molecule has 0 heterocycles. The lowest BCUT2D eigenvalue weighted by molar-refractivity contribution is 0.201. The molecule has 124 valence electrons. The van der Waals surface area contributed by atoms with Crippen molar-refractivity contribution >= 4 is 0 Å². The Morgan fingerprint density at radius 2 is 1.43 bits per heavy atom. The first kappa shape index (κ1) is 20.5. The zero-order valence-electron chi connectivity index (χ0n) is 15.1. The first-order chi connectivity index (χ1) is 9.76. The molecule has 0 aromatic carbocycles. The van der Waals surface area contributed by atoms with Crippen molar-refractivity contribution in [2.45, 2.75) is 98.5 Å². The molecule has 2 unspecified atom stereocenters. The fourth-order valence-electron chi connectivity index (χ4n) is 2.93. The molecule has 0 saturated carbocycles. The fourth-order valence-corrected chi connectivity index (χ4v) is 2.93. The highest BCUT2D eigenvalue weighted by molar-refractivity contribution is 4.93. The fraction of sp³-hybridized carbons (Fsp3) is 0.900. The molecule has 0 amide bonds. The zero-order valence-corrected chi connectivity index (χ0v) is 15.1. The molecule has 1 heteroatoms. The third-order valence-corrected chi connectivity index (χ3v) is 4.55. The van der Waals surface area contributed by atoms with E-state index in [0.29, 0.717) is 5.41 Å². The first-order valence-corrected chi connectivity index (χ1v) is 8.91. The molecule has 0 radical (unpaired) electrons. The molecule has 0 fully saturated rings. The van der Waals surface area contributed by atoms with Crippen molar-refractivity contribution in [1.82, 2.24) is 0 Å². The second-order valence-corrected chi connectivity index (χ2v) is 8.06. The quantitative estimate of drug-likeness (QED) is 0.450. The lowest BCUT2D eigenvalue weighted by Crippen LogP contribution is -2.13. The number of hydrogen-bond donors (Lipinski definition) is 1. The number of aliphatic hydroxyl groups is 1. The van der Waals surface area contributed by atoms with E-state index in [1.807, 2.05) is 0 Å². The minimum absolute atomic E-state index is 0.381. The van der Waals surface area contributed by atoms with Gasteiger partial charge in [0.25, 0.3) is 0 Å². The Bertz CT molecular complexity index is 285. The van der Waals surface area contributed by atoms with Gasteiger partial charge in [0.2, 0.25) is 0 Å². The smallest absolute Gasteiger partial charge is 0.114 e. The van der Waals surface area contributed by atoms with Crippen LogP contribution in [0.25, 0.3) is 0 Å². The molecule has 0 spiro atoms. The van der Waals surface area contributed by atoms with Crippen LogP contribution < -0.4 is 0 Å². The van der Waals surface area contributed by atoms with Crippen molar-refractivity contribution in [3.8, 4) is 12.3 Å². The van der Waals surface area contributed by atoms with Crippen LogP contribution in [0.3, 0.4) is 0 Å². The normalized spacial score (nSPS) is 15.0. The number of rotatable bonds is 12. The number of terminal acetylenes is 1. The maximum absolute atomic E-state index is 9.39. The van der Waals surface area contributed by atoms with Gasteiger partial charge >= 0.3 is 0 Å². The van der Waals surface area contributed by atoms with Gasteiger partial charge in [-0.1, -0.05) is 72.6 Å². The Kier molecular flexibility index (Phi) is 10.9. The highest BCUT2D eigenvalue weighted by atomic mass is 16.3. The molecule has 21 heavy (non-hydrogen) atoms. The van der Waals surface area contributed by atoms with Gasteiger partial charge in [-0.3, -0.25) is 0 Å². The Balaban J connectivity index is 3.70. The summed E-state index contributed by atoms with van der Waals surface area (Å²) in [6.45, 7) is 11.7. The SMILES string of the molecule is C#CC(O)CCCC(C)(C)CCCC(C)CCCC(C)C. The molecule has 0 aromatic rings. The van der Waals surface area contributed by atoms with Crippen molar-refractivity contribution in [3.63, 3.8) is 0 Å². The molecule has 1 nitrogen and oxygen atoms in total. The van der Waals surface area contributed by atoms with E-state index in [0.717, 1.165) is 31.1 Å². The van der Waals surface area contributed by atoms with Crippen LogP contribution in [-0.4, -0.2) is 11.2 Å². The summed E-state index contributed by atoms with van der Waals surface area (Å²) in [6, 6.07) is 0. The van der Waals surface area contributed by atoms with Crippen LogP contribution in [0.1, 0.15) is 92.4 Å². The number of aliphatic hydroxyl groups excluding tert-OH is 1. The molecule has 0 aliphatic rings. The molecule has 0 aliphatic heterocycles. The van der Waals surface area contributed by atoms with Crippen molar-refractivity contribution in [2.75, 3.05) is 0 Å². The van der Waals surface area contributed by atoms with Gasteiger partial charge in [-0.15, -0.1) is 6.42 Å². The van der Waals surface area contributed by atoms with Gasteiger partial charge in [0.15, 0.2) is 0 Å². The Hall–Kier alpha value is -0.480. The van der Waals surface area contributed by atoms with Crippen molar-refractivity contribution in [3.05, 3.63) is 0 Å². The van der Waals surface area contributed by atoms with Crippen LogP contribution in [0, 0.1) is 29.6 Å². The van der Waals surface area contributed by atoms with Crippen molar-refractivity contribution in [1.29, 1.82) is 0 Å². The van der Waals surface area contributed by atoms with Crippen LogP contribution in [0.4, 0.5) is 0 Å². The van der Waals surface area contributed by atoms with Crippen molar-refractivity contribution in [2.24, 2.45) is 17.3 Å². The minimum atomic E-state index is -0.554. The van der Waals surface area contributed by atoms with Crippen molar-refractivity contribution < 1.29 is 5.11 Å². The lowest BCUT2D eigenvalue weighted by Gasteiger charge is -2.25. The van der Waals surface area contributed by atoms with Gasteiger partial charge in [-0.25, -0.2) is 0 Å². The molecule has 1 N–H and O–H groups in total. The predicted molar refractivity (Wildman–Crippen MR) is 94.2 cm³/mol. The monoisotopic (exact) mass is 294 g/mol. The minimum Gasteiger partial charge on any atom is -0.380 e. The summed E-state index contributed by atoms with van der Waals surface area (Å²) < 4.78 is 0. The highest BCUT2D eigenvalue weighted by Gasteiger charge is 2.18. The Labute approximate surface area is 133 Å². The molecule has 0 aliphatic carbocycles. The van der Waals surface area contributed by atoms with E-state index in [9.17, 15) is 5.11 Å². The van der Waals surface area contributed by atoms with E-state index in [-0.39, 0.29) is 0 Å². The molecular formula is C20H38O. The highest BCUT2D eigenvalue weighted by Crippen LogP contribution is 2.31. The summed E-state index contributed by atoms with van der Waals surface area (Å²) in [5, 5.41) is 9.39. The van der Waals surface area contributed by atoms with Crippen LogP contribution in [0.15, 0.2) is 0 Å². The van der Waals surface area contributed by atoms with Crippen LogP contribution in [-0.2, 0) is 0 Å². The summed E-state index contributed by atoms with van der Waals surface area (Å²) in [5.74, 6) is 4.10. The average Bonchev–Trinajstić information content (AvgIpc) is 2.37. The maximum atomic E-state index is 9.39. The van der Waals surface area contributed by atoms with E-state index < -0.39 is 6.10 Å². The molecule has 0 aromatic heterocycles. The molecule has 0 rings (SSSR count). The molecule has 2 atom stereocenters. The summed E-state index contributed by atoms with van der Waals surface area (Å²) in [4.78, 5) is 0. The zero-order chi connectivity index (χ0) is 16.3. The topological polar surface area (TPSA) is 20.2 Å². The summed E-state index contributed by atoms with van der Waals surface area (Å²) in [6.07, 6.45) is 15.7. The van der Waals surface area contributed by atoms with E-state index >= 15 is 0 Å². The van der Waals surface area contributed by atoms with Gasteiger partial charge in [0.1, 0.15) is 6.10 Å². The summed E-state index contributed by atoms with van der Waals surface area (Å²) >= 11 is 0. The van der Waals surface area contributed by atoms with Crippen LogP contribution in [0.2, 0.25) is 0 Å². The van der Waals surface area contributed by atoms with Gasteiger partial charge < -0.3 is 5.11 Å². The molecule has 0 saturated heterocycles. The van der Waals surface area contributed by atoms with Gasteiger partial charge in [-0.2, -0.15) is 0 Å². The molecular weight excluding hydrogens is 256 g/mol. The largest absolute Gasteiger partial charge is 0.380 e. The van der Waals surface area contributed by atoms with Gasteiger partial charge in [0.05, 0.1) is 0 Å². The van der Waals surface area contributed by atoms with E-state index in [4.69, 9.17) is 6.42 Å². The maximum Gasteiger partial charge on any atom is 0.114 e. The van der Waals surface area contributed by atoms with Gasteiger partial charge in [0, 0.05) is 0 Å². The van der Waals surface area contributed by atoms with E-state index in [1.54, 1.807) is 0 Å². The van der Waals surface area contributed by atoms with Crippen LogP contribution in [0.5, 0.6) is 0 Å². The van der Waals surface area contributed by atoms with E-state index in [2.05, 4.69) is 40.5 Å². The lowest BCUT2D eigenvalue weighted by atomic mass is 9.81. The standard InChI is InChI=1S/C20H38O/c1-7-19(21)14-10-16-20(5,6)15-9-13-18(4)12-8-11-17(2)3/h1,17-19,21H,8-16H2,2-6H3. The Morgan fingerprint density at radius 3 is 1.95 bits per heavy atom. The third kappa shape index (κ3) is 12.9. The molecule has 0 bridgehead atoms. The second-order valence-electron chi connectivity index (χ2n) is 8.06. The third-order valence-electron chi connectivity index (χ3n) is 4.55. The average molecular weight is 295 g/mol. The Morgan fingerprint density at radius 1 is 0.905 bits per heavy atom.